The molecule has 44 heavy (non-hydrogen) atoms. The molecule has 10 nitrogen and oxygen atoms in total. The lowest BCUT2D eigenvalue weighted by Gasteiger charge is -2.27. The third-order valence-electron chi connectivity index (χ3n) is 9.50. The minimum absolute atomic E-state index is 0.00496. The number of fused-ring (bicyclic) bond motifs is 1. The molecule has 1 amide bonds. The average molecular weight is 595 g/mol. The summed E-state index contributed by atoms with van der Waals surface area (Å²) in [5.41, 5.74) is 5.70. The zero-order valence-electron chi connectivity index (χ0n) is 25.5. The average Bonchev–Trinajstić information content (AvgIpc) is 3.26. The Labute approximate surface area is 256 Å². The highest BCUT2D eigenvalue weighted by atomic mass is 16.5. The van der Waals surface area contributed by atoms with E-state index in [1.54, 1.807) is 11.4 Å². The molecule has 7 rings (SSSR count). The van der Waals surface area contributed by atoms with E-state index in [9.17, 15) is 14.4 Å². The molecule has 1 N–H and O–H groups in total. The van der Waals surface area contributed by atoms with E-state index in [1.807, 2.05) is 60.1 Å². The number of ether oxygens (including phenoxy) is 1. The van der Waals surface area contributed by atoms with E-state index < -0.39 is 6.04 Å². The number of hydrogen-bond acceptors (Lipinski definition) is 7. The van der Waals surface area contributed by atoms with Gasteiger partial charge in [-0.15, -0.1) is 0 Å². The molecule has 228 valence electrons. The zero-order chi connectivity index (χ0) is 30.6. The molecule has 0 unspecified atom stereocenters. The van der Waals surface area contributed by atoms with Crippen LogP contribution in [0.2, 0.25) is 0 Å². The number of Topliss-reactive ketones (excluding diaryl/α,β-unsaturated/α-hetero) is 2. The second-order valence-corrected chi connectivity index (χ2v) is 12.6. The summed E-state index contributed by atoms with van der Waals surface area (Å²) in [4.78, 5) is 46.6. The summed E-state index contributed by atoms with van der Waals surface area (Å²) in [5.74, 6) is -0.0723. The first-order valence-electron chi connectivity index (χ1n) is 15.5. The number of hydrogen-bond donors (Lipinski definition) is 1. The Balaban J connectivity index is 1.34. The van der Waals surface area contributed by atoms with Crippen LogP contribution >= 0.6 is 0 Å². The molecule has 1 saturated heterocycles. The number of piperidine rings is 1. The van der Waals surface area contributed by atoms with Crippen LogP contribution in [0.4, 0.5) is 0 Å². The van der Waals surface area contributed by atoms with Gasteiger partial charge in [0.05, 0.1) is 30.5 Å². The van der Waals surface area contributed by atoms with Crippen LogP contribution in [0.3, 0.4) is 0 Å². The second kappa shape index (κ2) is 11.1. The largest absolute Gasteiger partial charge is 0.377 e. The maximum Gasteiger partial charge on any atom is 0.243 e. The van der Waals surface area contributed by atoms with Crippen molar-refractivity contribution >= 4 is 34.0 Å². The maximum atomic E-state index is 14.1. The van der Waals surface area contributed by atoms with Gasteiger partial charge < -0.3 is 19.5 Å². The molecule has 10 heteroatoms. The summed E-state index contributed by atoms with van der Waals surface area (Å²) in [6.07, 6.45) is 12.5. The summed E-state index contributed by atoms with van der Waals surface area (Å²) in [7, 11) is 0. The van der Waals surface area contributed by atoms with E-state index in [4.69, 9.17) is 4.74 Å². The van der Waals surface area contributed by atoms with Gasteiger partial charge in [0.2, 0.25) is 5.91 Å². The van der Waals surface area contributed by atoms with Gasteiger partial charge in [0.15, 0.2) is 17.2 Å². The van der Waals surface area contributed by atoms with Gasteiger partial charge in [-0.2, -0.15) is 5.10 Å². The van der Waals surface area contributed by atoms with Gasteiger partial charge in [0, 0.05) is 65.6 Å². The molecule has 2 fully saturated rings. The molecule has 2 bridgehead atoms. The molecule has 2 aliphatic heterocycles. The number of aromatic nitrogens is 4. The molecule has 1 aromatic carbocycles. The van der Waals surface area contributed by atoms with Crippen molar-refractivity contribution in [3.8, 4) is 11.1 Å². The van der Waals surface area contributed by atoms with Gasteiger partial charge in [0.1, 0.15) is 6.54 Å². The van der Waals surface area contributed by atoms with Crippen molar-refractivity contribution in [3.63, 3.8) is 0 Å². The van der Waals surface area contributed by atoms with Crippen molar-refractivity contribution in [2.45, 2.75) is 71.6 Å². The van der Waals surface area contributed by atoms with E-state index in [2.05, 4.69) is 27.5 Å². The molecule has 5 heterocycles. The van der Waals surface area contributed by atoms with Crippen molar-refractivity contribution in [2.24, 2.45) is 5.41 Å². The number of amides is 1. The SMILES string of the molecule is CCC(=O)[C@@H]1C[C@]23COC/C=C\CCNCc4cc(-c5cnc6cc(C)nn6c5)cc5c(C(C)=O)cn(c45)CC(=O)N1[C@@H]2C3. The van der Waals surface area contributed by atoms with Gasteiger partial charge in [-0.1, -0.05) is 19.1 Å². The standard InChI is InChI=1S/C34H38N6O4/c1-4-29(42)28-13-34-14-30(34)40(28)32(43)19-38-18-27(22(3)41)26-12-23(25-16-36-31-10-21(2)37-39(31)17-25)11-24(33(26)38)15-35-8-6-5-7-9-44-20-34/h5,7,10-12,16-18,28,30,35H,4,6,8-9,13-15,19-20H2,1-3H3/b7-5-/t28-,30+,34-/m0/s1. The van der Waals surface area contributed by atoms with Crippen LogP contribution < -0.4 is 5.32 Å². The molecule has 3 aliphatic rings. The van der Waals surface area contributed by atoms with Crippen LogP contribution in [0.5, 0.6) is 0 Å². The highest BCUT2D eigenvalue weighted by molar-refractivity contribution is 6.09. The van der Waals surface area contributed by atoms with E-state index >= 15 is 0 Å². The highest BCUT2D eigenvalue weighted by Crippen LogP contribution is 2.60. The van der Waals surface area contributed by atoms with E-state index in [1.165, 1.54) is 0 Å². The van der Waals surface area contributed by atoms with Crippen LogP contribution in [0.25, 0.3) is 27.7 Å². The Kier molecular flexibility index (Phi) is 7.21. The Bertz CT molecular complexity index is 1840. The van der Waals surface area contributed by atoms with Gasteiger partial charge in [-0.25, -0.2) is 9.50 Å². The monoisotopic (exact) mass is 594 g/mol. The van der Waals surface area contributed by atoms with Gasteiger partial charge >= 0.3 is 0 Å². The number of nitrogens with one attached hydrogen (secondary N) is 1. The molecule has 3 aromatic heterocycles. The molecular formula is C34H38N6O4. The number of aryl methyl sites for hydroxylation is 1. The molecular weight excluding hydrogens is 556 g/mol. The first-order valence-corrected chi connectivity index (χ1v) is 15.5. The topological polar surface area (TPSA) is 111 Å². The molecule has 0 spiro atoms. The van der Waals surface area contributed by atoms with E-state index in [0.717, 1.165) is 58.3 Å². The van der Waals surface area contributed by atoms with Crippen molar-refractivity contribution in [2.75, 3.05) is 19.8 Å². The summed E-state index contributed by atoms with van der Waals surface area (Å²) < 4.78 is 9.72. The van der Waals surface area contributed by atoms with Gasteiger partial charge in [-0.05, 0) is 62.9 Å². The Morgan fingerprint density at radius 1 is 1.14 bits per heavy atom. The van der Waals surface area contributed by atoms with E-state index in [-0.39, 0.29) is 35.5 Å². The fourth-order valence-electron chi connectivity index (χ4n) is 7.24. The van der Waals surface area contributed by atoms with Crippen LogP contribution in [-0.2, 0) is 27.4 Å². The molecule has 0 radical (unpaired) electrons. The normalized spacial score (nSPS) is 24.8. The van der Waals surface area contributed by atoms with Crippen molar-refractivity contribution < 1.29 is 19.1 Å². The number of rotatable bonds is 4. The quantitative estimate of drug-likeness (QED) is 0.278. The Morgan fingerprint density at radius 3 is 2.82 bits per heavy atom. The minimum Gasteiger partial charge on any atom is -0.377 e. The fraction of sp³-hybridized carbons (Fsp3) is 0.441. The lowest BCUT2D eigenvalue weighted by Crippen LogP contribution is -2.44. The molecule has 1 aliphatic carbocycles. The first-order chi connectivity index (χ1) is 21.3. The summed E-state index contributed by atoms with van der Waals surface area (Å²) >= 11 is 0. The summed E-state index contributed by atoms with van der Waals surface area (Å²) in [6, 6.07) is 5.63. The van der Waals surface area contributed by atoms with Crippen LogP contribution in [-0.4, -0.2) is 73.4 Å². The number of carbonyl (C=O) groups excluding carboxylic acids is 3. The second-order valence-electron chi connectivity index (χ2n) is 12.6. The van der Waals surface area contributed by atoms with Crippen molar-refractivity contribution in [1.82, 2.24) is 29.4 Å². The molecule has 3 atom stereocenters. The number of nitrogens with zero attached hydrogens (tertiary/aromatic N) is 5. The number of carbonyl (C=O) groups is 3. The molecule has 4 aromatic rings. The molecule has 1 saturated carbocycles. The highest BCUT2D eigenvalue weighted by Gasteiger charge is 2.66. The lowest BCUT2D eigenvalue weighted by molar-refractivity contribution is -0.139. The number of ketones is 2. The third-order valence-corrected chi connectivity index (χ3v) is 9.50. The Hall–Kier alpha value is -4.15. The van der Waals surface area contributed by atoms with Crippen LogP contribution in [0, 0.1) is 12.3 Å². The van der Waals surface area contributed by atoms with Crippen molar-refractivity contribution in [1.29, 1.82) is 0 Å². The Morgan fingerprint density at radius 2 is 2.00 bits per heavy atom. The zero-order valence-corrected chi connectivity index (χ0v) is 25.5. The van der Waals surface area contributed by atoms with Gasteiger partial charge in [0.25, 0.3) is 0 Å². The summed E-state index contributed by atoms with van der Waals surface area (Å²) in [6.45, 7) is 7.79. The first kappa shape index (κ1) is 28.6. The predicted octanol–water partition coefficient (Wildman–Crippen LogP) is 4.27. The summed E-state index contributed by atoms with van der Waals surface area (Å²) in [5, 5.41) is 8.88. The third kappa shape index (κ3) is 4.95. The van der Waals surface area contributed by atoms with Gasteiger partial charge in [-0.3, -0.25) is 14.4 Å². The van der Waals surface area contributed by atoms with Crippen LogP contribution in [0.1, 0.15) is 61.1 Å². The fourth-order valence-corrected chi connectivity index (χ4v) is 7.24. The number of benzene rings is 1. The predicted molar refractivity (Wildman–Crippen MR) is 166 cm³/mol. The smallest absolute Gasteiger partial charge is 0.243 e. The van der Waals surface area contributed by atoms with Crippen molar-refractivity contribution in [3.05, 3.63) is 65.8 Å². The minimum atomic E-state index is -0.431. The lowest BCUT2D eigenvalue weighted by atomic mass is 9.97. The maximum absolute atomic E-state index is 14.1. The van der Waals surface area contributed by atoms with E-state index in [0.29, 0.717) is 38.2 Å². The van der Waals surface area contributed by atoms with Crippen LogP contribution in [0.15, 0.2) is 48.9 Å².